The minimum atomic E-state index is -4.79. The first-order valence-electron chi connectivity index (χ1n) is 12.9. The number of aromatic nitrogens is 3. The lowest BCUT2D eigenvalue weighted by Gasteiger charge is -2.33. The van der Waals surface area contributed by atoms with Crippen LogP contribution in [0, 0.1) is 5.41 Å². The van der Waals surface area contributed by atoms with Crippen LogP contribution in [0.2, 0.25) is 0 Å². The van der Waals surface area contributed by atoms with Gasteiger partial charge in [-0.1, -0.05) is 65.6 Å². The fraction of sp³-hybridized carbons (Fsp3) is 0.357. The topological polar surface area (TPSA) is 124 Å². The molecule has 208 valence electrons. The molecule has 12 heteroatoms. The number of rotatable bonds is 7. The molecule has 1 aliphatic heterocycles. The van der Waals surface area contributed by atoms with Crippen LogP contribution in [-0.4, -0.2) is 45.9 Å². The second-order valence-electron chi connectivity index (χ2n) is 10.2. The number of fused-ring (bicyclic) bond motifs is 1. The van der Waals surface area contributed by atoms with Gasteiger partial charge in [0, 0.05) is 28.7 Å². The third-order valence-electron chi connectivity index (χ3n) is 7.60. The van der Waals surface area contributed by atoms with E-state index in [-0.39, 0.29) is 23.7 Å². The molecule has 1 aliphatic carbocycles. The average Bonchev–Trinajstić information content (AvgIpc) is 3.73. The highest BCUT2D eigenvalue weighted by Crippen LogP contribution is 2.43. The summed E-state index contributed by atoms with van der Waals surface area (Å²) in [5.41, 5.74) is -0.725. The van der Waals surface area contributed by atoms with Crippen LogP contribution in [0.1, 0.15) is 42.9 Å². The predicted molar refractivity (Wildman–Crippen MR) is 135 cm³/mol. The number of carbonyl (C=O) groups excluding carboxylic acids is 1. The van der Waals surface area contributed by atoms with E-state index in [1.165, 1.54) is 12.1 Å². The maximum absolute atomic E-state index is 14.0. The van der Waals surface area contributed by atoms with Gasteiger partial charge in [-0.05, 0) is 18.9 Å². The van der Waals surface area contributed by atoms with Gasteiger partial charge in [0.05, 0.1) is 6.04 Å². The van der Waals surface area contributed by atoms with Gasteiger partial charge in [-0.25, -0.2) is 0 Å². The molecule has 0 bridgehead atoms. The number of alkyl halides is 3. The maximum Gasteiger partial charge on any atom is 0.422 e. The lowest BCUT2D eigenvalue weighted by atomic mass is 9.87. The number of carbonyl (C=O) groups is 1. The molecule has 2 aromatic carbocycles. The Kier molecular flexibility index (Phi) is 6.67. The number of nitrogens with one attached hydrogen (secondary N) is 1. The quantitative estimate of drug-likeness (QED) is 0.296. The van der Waals surface area contributed by atoms with Gasteiger partial charge in [-0.2, -0.15) is 18.2 Å². The molecule has 40 heavy (non-hydrogen) atoms. The smallest absolute Gasteiger partial charge is 0.422 e. The van der Waals surface area contributed by atoms with E-state index in [4.69, 9.17) is 13.8 Å². The molecule has 9 nitrogen and oxygen atoms in total. The number of hydrogen-bond donors (Lipinski definition) is 2. The minimum Gasteiger partial charge on any atom is -0.491 e. The molecule has 0 spiro atoms. The average molecular weight is 555 g/mol. The van der Waals surface area contributed by atoms with Crippen LogP contribution in [0.5, 0.6) is 5.75 Å². The Balaban J connectivity index is 1.23. The Labute approximate surface area is 226 Å². The summed E-state index contributed by atoms with van der Waals surface area (Å²) in [5, 5.41) is 21.7. The maximum atomic E-state index is 14.0. The zero-order valence-electron chi connectivity index (χ0n) is 21.1. The van der Waals surface area contributed by atoms with Crippen molar-refractivity contribution in [2.75, 3.05) is 13.2 Å². The summed E-state index contributed by atoms with van der Waals surface area (Å²) in [5.74, 6) is -0.756. The van der Waals surface area contributed by atoms with E-state index in [9.17, 15) is 23.1 Å². The van der Waals surface area contributed by atoms with Gasteiger partial charge >= 0.3 is 6.18 Å². The largest absolute Gasteiger partial charge is 0.491 e. The minimum absolute atomic E-state index is 0.0103. The Morgan fingerprint density at radius 1 is 1.05 bits per heavy atom. The fourth-order valence-electron chi connectivity index (χ4n) is 5.38. The van der Waals surface area contributed by atoms with Crippen molar-refractivity contribution in [1.82, 2.24) is 20.6 Å². The molecule has 0 radical (unpaired) electrons. The van der Waals surface area contributed by atoms with Crippen LogP contribution >= 0.6 is 0 Å². The van der Waals surface area contributed by atoms with Crippen molar-refractivity contribution < 1.29 is 36.9 Å². The van der Waals surface area contributed by atoms with Gasteiger partial charge in [-0.3, -0.25) is 0 Å². The Bertz CT molecular complexity index is 1510. The van der Waals surface area contributed by atoms with Crippen molar-refractivity contribution in [3.63, 3.8) is 0 Å². The van der Waals surface area contributed by atoms with Gasteiger partial charge in [0.15, 0.2) is 0 Å². The van der Waals surface area contributed by atoms with Gasteiger partial charge in [0.2, 0.25) is 11.6 Å². The highest BCUT2D eigenvalue weighted by molar-refractivity contribution is 5.71. The molecule has 1 fully saturated rings. The second-order valence-corrected chi connectivity index (χ2v) is 10.2. The van der Waals surface area contributed by atoms with E-state index >= 15 is 0 Å². The molecule has 2 aromatic heterocycles. The molecule has 0 unspecified atom stereocenters. The Hall–Kier alpha value is -4.03. The van der Waals surface area contributed by atoms with E-state index in [1.807, 2.05) is 0 Å². The summed E-state index contributed by atoms with van der Waals surface area (Å²) >= 11 is 0. The van der Waals surface area contributed by atoms with Crippen LogP contribution in [0.3, 0.4) is 0 Å². The molecular formula is C28H25F3N4O5. The number of ether oxygens (including phenoxy) is 1. The number of aliphatic hydroxyl groups is 1. The van der Waals surface area contributed by atoms with E-state index < -0.39 is 41.0 Å². The monoisotopic (exact) mass is 554 g/mol. The van der Waals surface area contributed by atoms with Crippen molar-refractivity contribution in [3.8, 4) is 40.0 Å². The van der Waals surface area contributed by atoms with E-state index in [1.54, 1.807) is 36.4 Å². The van der Waals surface area contributed by atoms with Gasteiger partial charge < -0.3 is 29.0 Å². The molecule has 2 aliphatic rings. The zero-order chi connectivity index (χ0) is 27.9. The first-order valence-corrected chi connectivity index (χ1v) is 12.9. The highest BCUT2D eigenvalue weighted by atomic mass is 19.4. The van der Waals surface area contributed by atoms with Crippen LogP contribution in [0.15, 0.2) is 57.6 Å². The van der Waals surface area contributed by atoms with Crippen LogP contribution in [-0.2, 0) is 11.0 Å². The van der Waals surface area contributed by atoms with Crippen molar-refractivity contribution in [2.24, 2.45) is 5.41 Å². The third kappa shape index (κ3) is 4.77. The van der Waals surface area contributed by atoms with Crippen molar-refractivity contribution in [2.45, 2.75) is 44.0 Å². The number of hydrogen-bond acceptors (Lipinski definition) is 9. The predicted octanol–water partition coefficient (Wildman–Crippen LogP) is 5.22. The summed E-state index contributed by atoms with van der Waals surface area (Å²) in [6.07, 6.45) is -0.993. The Morgan fingerprint density at radius 3 is 2.55 bits per heavy atom. The van der Waals surface area contributed by atoms with Crippen LogP contribution in [0.4, 0.5) is 13.2 Å². The summed E-state index contributed by atoms with van der Waals surface area (Å²) in [4.78, 5) is 15.8. The fourth-order valence-corrected chi connectivity index (χ4v) is 5.38. The normalized spacial score (nSPS) is 20.2. The number of aliphatic hydroxyl groups excluding tert-OH is 1. The van der Waals surface area contributed by atoms with Crippen LogP contribution in [0.25, 0.3) is 34.3 Å². The van der Waals surface area contributed by atoms with Crippen molar-refractivity contribution in [1.29, 1.82) is 0 Å². The molecule has 0 saturated heterocycles. The van der Waals surface area contributed by atoms with Gasteiger partial charge in [0.25, 0.3) is 5.89 Å². The first-order chi connectivity index (χ1) is 19.3. The molecule has 1 saturated carbocycles. The van der Waals surface area contributed by atoms with Gasteiger partial charge in [0.1, 0.15) is 36.0 Å². The molecule has 2 atom stereocenters. The van der Waals surface area contributed by atoms with Crippen LogP contribution < -0.4 is 10.1 Å². The summed E-state index contributed by atoms with van der Waals surface area (Å²) in [6, 6.07) is 12.3. The number of benzene rings is 2. The van der Waals surface area contributed by atoms with E-state index in [0.717, 1.165) is 32.0 Å². The molecule has 6 rings (SSSR count). The van der Waals surface area contributed by atoms with E-state index in [2.05, 4.69) is 20.6 Å². The summed E-state index contributed by atoms with van der Waals surface area (Å²) < 4.78 is 58.2. The third-order valence-corrected chi connectivity index (χ3v) is 7.60. The number of aldehydes is 1. The lowest BCUT2D eigenvalue weighted by Crippen LogP contribution is -2.47. The molecule has 3 heterocycles. The second kappa shape index (κ2) is 10.2. The Morgan fingerprint density at radius 2 is 1.82 bits per heavy atom. The van der Waals surface area contributed by atoms with Crippen molar-refractivity contribution in [3.05, 3.63) is 59.7 Å². The zero-order valence-corrected chi connectivity index (χ0v) is 21.1. The SMILES string of the molecule is O=CC1(CN[C@@H]2COc3cc(-c4noc(-c5onc(-c6ccccc6)c5C(F)(F)F)n4)ccc3[C@@H]2O)CCCC1. The summed E-state index contributed by atoms with van der Waals surface area (Å²) in [7, 11) is 0. The van der Waals surface area contributed by atoms with E-state index in [0.29, 0.717) is 23.4 Å². The number of halogens is 3. The molecule has 2 N–H and O–H groups in total. The molecule has 0 amide bonds. The molecule has 4 aromatic rings. The lowest BCUT2D eigenvalue weighted by molar-refractivity contribution is -0.137. The standard InChI is InChI=1S/C28H25F3N4O5/c29-28(30,31)21-22(16-6-2-1-3-7-16)34-39-24(21)26-33-25(35-40-26)17-8-9-18-20(12-17)38-13-19(23(18)37)32-14-27(15-36)10-4-5-11-27/h1-3,6-9,12,15,19,23,32,37H,4-5,10-11,13-14H2/t19-,23+/m1/s1. The molecular weight excluding hydrogens is 529 g/mol. The first kappa shape index (κ1) is 26.2. The van der Waals surface area contributed by atoms with Crippen molar-refractivity contribution >= 4 is 6.29 Å². The number of nitrogens with zero attached hydrogens (tertiary/aromatic N) is 3. The summed E-state index contributed by atoms with van der Waals surface area (Å²) in [6.45, 7) is 0.632. The highest BCUT2D eigenvalue weighted by Gasteiger charge is 2.43. The van der Waals surface area contributed by atoms with Gasteiger partial charge in [-0.15, -0.1) is 0 Å².